The minimum absolute atomic E-state index is 0.104. The van der Waals surface area contributed by atoms with Crippen LogP contribution in [0, 0.1) is 0 Å². The average molecular weight is 249 g/mol. The second-order valence-electron chi connectivity index (χ2n) is 4.16. The van der Waals surface area contributed by atoms with Crippen LogP contribution in [0.4, 0.5) is 5.95 Å². The number of imidazole rings is 1. The number of ether oxygens (including phenoxy) is 1. The van der Waals surface area contributed by atoms with Crippen LogP contribution < -0.4 is 4.90 Å². The predicted molar refractivity (Wildman–Crippen MR) is 71.9 cm³/mol. The van der Waals surface area contributed by atoms with E-state index in [2.05, 4.69) is 4.98 Å². The van der Waals surface area contributed by atoms with Gasteiger partial charge < -0.3 is 19.3 Å². The number of aromatic nitrogens is 2. The van der Waals surface area contributed by atoms with E-state index in [4.69, 9.17) is 9.84 Å². The lowest BCUT2D eigenvalue weighted by molar-refractivity contribution is 0.202. The van der Waals surface area contributed by atoms with Crippen molar-refractivity contribution in [2.45, 2.75) is 0 Å². The lowest BCUT2D eigenvalue weighted by Gasteiger charge is -2.22. The summed E-state index contributed by atoms with van der Waals surface area (Å²) in [4.78, 5) is 6.64. The standard InChI is InChI=1S/C13H19N3O2/c1-15-12-6-4-3-5-11(12)14-13(15)16(7-9-17)8-10-18-2/h3-6,17H,7-10H2,1-2H3. The maximum absolute atomic E-state index is 9.14. The highest BCUT2D eigenvalue weighted by molar-refractivity contribution is 5.78. The fourth-order valence-corrected chi connectivity index (χ4v) is 2.05. The topological polar surface area (TPSA) is 50.5 Å². The molecule has 1 aromatic heterocycles. The van der Waals surface area contributed by atoms with Gasteiger partial charge in [0, 0.05) is 27.2 Å². The van der Waals surface area contributed by atoms with E-state index in [9.17, 15) is 0 Å². The van der Waals surface area contributed by atoms with E-state index in [1.165, 1.54) is 0 Å². The van der Waals surface area contributed by atoms with Gasteiger partial charge in [0.05, 0.1) is 24.2 Å². The van der Waals surface area contributed by atoms with Crippen LogP contribution in [0.2, 0.25) is 0 Å². The van der Waals surface area contributed by atoms with Crippen molar-refractivity contribution in [1.29, 1.82) is 0 Å². The second-order valence-corrected chi connectivity index (χ2v) is 4.16. The number of benzene rings is 1. The molecule has 5 nitrogen and oxygen atoms in total. The number of hydrogen-bond acceptors (Lipinski definition) is 4. The number of rotatable bonds is 6. The maximum Gasteiger partial charge on any atom is 0.206 e. The Hall–Kier alpha value is -1.59. The van der Waals surface area contributed by atoms with Gasteiger partial charge >= 0.3 is 0 Å². The summed E-state index contributed by atoms with van der Waals surface area (Å²) in [5.74, 6) is 0.863. The molecule has 0 fully saturated rings. The highest BCUT2D eigenvalue weighted by Gasteiger charge is 2.13. The lowest BCUT2D eigenvalue weighted by atomic mass is 10.3. The van der Waals surface area contributed by atoms with E-state index in [0.717, 1.165) is 17.0 Å². The van der Waals surface area contributed by atoms with Crippen molar-refractivity contribution in [3.63, 3.8) is 0 Å². The van der Waals surface area contributed by atoms with E-state index in [-0.39, 0.29) is 6.61 Å². The molecule has 0 spiro atoms. The fraction of sp³-hybridized carbons (Fsp3) is 0.462. The summed E-state index contributed by atoms with van der Waals surface area (Å²) in [5.41, 5.74) is 2.06. The first-order valence-corrected chi connectivity index (χ1v) is 6.04. The number of nitrogens with zero attached hydrogens (tertiary/aromatic N) is 3. The molecule has 1 N–H and O–H groups in total. The van der Waals surface area contributed by atoms with Gasteiger partial charge in [-0.2, -0.15) is 0 Å². The largest absolute Gasteiger partial charge is 0.395 e. The molecule has 0 aliphatic heterocycles. The zero-order chi connectivity index (χ0) is 13.0. The Kier molecular flexibility index (Phi) is 4.17. The molecule has 0 bridgehead atoms. The first-order valence-electron chi connectivity index (χ1n) is 6.04. The molecule has 18 heavy (non-hydrogen) atoms. The number of anilines is 1. The zero-order valence-corrected chi connectivity index (χ0v) is 10.8. The van der Waals surface area contributed by atoms with Gasteiger partial charge in [0.1, 0.15) is 0 Å². The van der Waals surface area contributed by atoms with Gasteiger partial charge in [-0.25, -0.2) is 4.98 Å². The van der Waals surface area contributed by atoms with Gasteiger partial charge in [0.2, 0.25) is 5.95 Å². The molecule has 0 saturated carbocycles. The molecule has 5 heteroatoms. The van der Waals surface area contributed by atoms with Gasteiger partial charge in [-0.1, -0.05) is 12.1 Å². The highest BCUT2D eigenvalue weighted by atomic mass is 16.5. The smallest absolute Gasteiger partial charge is 0.206 e. The molecular weight excluding hydrogens is 230 g/mol. The van der Waals surface area contributed by atoms with Crippen molar-refractivity contribution >= 4 is 17.0 Å². The third-order valence-electron chi connectivity index (χ3n) is 2.98. The first-order chi connectivity index (χ1) is 8.77. The van der Waals surface area contributed by atoms with Crippen molar-refractivity contribution in [2.24, 2.45) is 7.05 Å². The van der Waals surface area contributed by atoms with E-state index in [0.29, 0.717) is 19.7 Å². The molecule has 0 radical (unpaired) electrons. The molecule has 0 atom stereocenters. The van der Waals surface area contributed by atoms with Crippen LogP contribution in [0.1, 0.15) is 0 Å². The minimum atomic E-state index is 0.104. The summed E-state index contributed by atoms with van der Waals surface area (Å²) in [6.45, 7) is 1.99. The van der Waals surface area contributed by atoms with Gasteiger partial charge in [0.15, 0.2) is 0 Å². The number of methoxy groups -OCH3 is 1. The molecule has 2 aromatic rings. The van der Waals surface area contributed by atoms with Gasteiger partial charge in [-0.3, -0.25) is 0 Å². The minimum Gasteiger partial charge on any atom is -0.395 e. The highest BCUT2D eigenvalue weighted by Crippen LogP contribution is 2.20. The fourth-order valence-electron chi connectivity index (χ4n) is 2.05. The van der Waals surface area contributed by atoms with Crippen LogP contribution >= 0.6 is 0 Å². The molecule has 0 aliphatic carbocycles. The van der Waals surface area contributed by atoms with E-state index < -0.39 is 0 Å². The Balaban J connectivity index is 2.34. The van der Waals surface area contributed by atoms with E-state index in [1.54, 1.807) is 7.11 Å². The number of aliphatic hydroxyl groups is 1. The Morgan fingerprint density at radius 1 is 1.33 bits per heavy atom. The molecular formula is C13H19N3O2. The predicted octanol–water partition coefficient (Wildman–Crippen LogP) is 1.02. The Morgan fingerprint density at radius 3 is 2.78 bits per heavy atom. The van der Waals surface area contributed by atoms with Crippen LogP contribution in [0.15, 0.2) is 24.3 Å². The molecule has 1 aromatic carbocycles. The van der Waals surface area contributed by atoms with Gasteiger partial charge in [0.25, 0.3) is 0 Å². The Labute approximate surface area is 107 Å². The van der Waals surface area contributed by atoms with Crippen LogP contribution in [0.5, 0.6) is 0 Å². The summed E-state index contributed by atoms with van der Waals surface area (Å²) in [5, 5.41) is 9.14. The van der Waals surface area contributed by atoms with Crippen molar-refractivity contribution in [1.82, 2.24) is 9.55 Å². The number of aryl methyl sites for hydroxylation is 1. The molecule has 0 amide bonds. The quantitative estimate of drug-likeness (QED) is 0.830. The Bertz CT molecular complexity index is 510. The number of hydrogen-bond donors (Lipinski definition) is 1. The number of fused-ring (bicyclic) bond motifs is 1. The summed E-state index contributed by atoms with van der Waals surface area (Å²) in [6, 6.07) is 8.01. The zero-order valence-electron chi connectivity index (χ0n) is 10.8. The second kappa shape index (κ2) is 5.84. The van der Waals surface area contributed by atoms with E-state index in [1.807, 2.05) is 40.8 Å². The SMILES string of the molecule is COCCN(CCO)c1nc2ccccc2n1C. The third kappa shape index (κ3) is 2.47. The van der Waals surface area contributed by atoms with Crippen LogP contribution in [-0.4, -0.2) is 48.1 Å². The molecule has 0 saturated heterocycles. The van der Waals surface area contributed by atoms with Crippen LogP contribution in [0.25, 0.3) is 11.0 Å². The number of para-hydroxylation sites is 2. The van der Waals surface area contributed by atoms with Crippen molar-refractivity contribution in [3.8, 4) is 0 Å². The summed E-state index contributed by atoms with van der Waals surface area (Å²) in [6.07, 6.45) is 0. The molecule has 2 rings (SSSR count). The van der Waals surface area contributed by atoms with Crippen LogP contribution in [0.3, 0.4) is 0 Å². The van der Waals surface area contributed by atoms with Crippen LogP contribution in [-0.2, 0) is 11.8 Å². The van der Waals surface area contributed by atoms with E-state index >= 15 is 0 Å². The normalized spacial score (nSPS) is 11.1. The molecule has 0 aliphatic rings. The van der Waals surface area contributed by atoms with Crippen molar-refractivity contribution in [3.05, 3.63) is 24.3 Å². The third-order valence-corrected chi connectivity index (χ3v) is 2.98. The van der Waals surface area contributed by atoms with Crippen molar-refractivity contribution < 1.29 is 9.84 Å². The number of aliphatic hydroxyl groups excluding tert-OH is 1. The molecule has 1 heterocycles. The lowest BCUT2D eigenvalue weighted by Crippen LogP contribution is -2.32. The van der Waals surface area contributed by atoms with Gasteiger partial charge in [-0.05, 0) is 12.1 Å². The average Bonchev–Trinajstić information content (AvgIpc) is 2.73. The summed E-state index contributed by atoms with van der Waals surface area (Å²) < 4.78 is 7.14. The Morgan fingerprint density at radius 2 is 2.11 bits per heavy atom. The summed E-state index contributed by atoms with van der Waals surface area (Å²) >= 11 is 0. The molecule has 0 unspecified atom stereocenters. The van der Waals surface area contributed by atoms with Crippen molar-refractivity contribution in [2.75, 3.05) is 38.3 Å². The summed E-state index contributed by atoms with van der Waals surface area (Å²) in [7, 11) is 3.66. The van der Waals surface area contributed by atoms with Gasteiger partial charge in [-0.15, -0.1) is 0 Å². The monoisotopic (exact) mass is 249 g/mol. The molecule has 98 valence electrons. The first kappa shape index (κ1) is 12.9. The maximum atomic E-state index is 9.14.